The number of benzene rings is 4. The Labute approximate surface area is 328 Å². The molecule has 2 N–H and O–H groups in total. The van der Waals surface area contributed by atoms with E-state index in [4.69, 9.17) is 9.97 Å². The number of imidazole rings is 2. The van der Waals surface area contributed by atoms with Crippen molar-refractivity contribution in [3.05, 3.63) is 144 Å². The van der Waals surface area contributed by atoms with Crippen molar-refractivity contribution in [1.29, 1.82) is 0 Å². The molecule has 9 rings (SSSR count). The van der Waals surface area contributed by atoms with Crippen molar-refractivity contribution in [3.63, 3.8) is 0 Å². The Bertz CT molecular complexity index is 2270. The molecule has 0 radical (unpaired) electrons. The normalized spacial score (nSPS) is 18.6. The van der Waals surface area contributed by atoms with Gasteiger partial charge in [0.1, 0.15) is 11.6 Å². The van der Waals surface area contributed by atoms with E-state index < -0.39 is 0 Å². The zero-order valence-electron chi connectivity index (χ0n) is 31.9. The van der Waals surface area contributed by atoms with Gasteiger partial charge in [-0.1, -0.05) is 103 Å². The lowest BCUT2D eigenvalue weighted by Crippen LogP contribution is -2.32. The van der Waals surface area contributed by atoms with Gasteiger partial charge in [0.05, 0.1) is 48.7 Å². The Balaban J connectivity index is 0.829. The van der Waals surface area contributed by atoms with Crippen LogP contribution >= 0.6 is 0 Å². The van der Waals surface area contributed by atoms with Crippen LogP contribution in [0, 0.1) is 0 Å². The first-order chi connectivity index (χ1) is 27.6. The second-order valence-corrected chi connectivity index (χ2v) is 15.6. The largest absolute Gasteiger partial charge is 0.340 e. The number of nitrogens with one attached hydrogen (secondary N) is 2. The van der Waals surface area contributed by atoms with Crippen LogP contribution in [0.4, 0.5) is 0 Å². The van der Waals surface area contributed by atoms with Crippen LogP contribution in [0.5, 0.6) is 0 Å². The molecule has 3 fully saturated rings. The fourth-order valence-electron chi connectivity index (χ4n) is 8.89. The predicted molar refractivity (Wildman–Crippen MR) is 219 cm³/mol. The average Bonchev–Trinajstić information content (AvgIpc) is 4.09. The van der Waals surface area contributed by atoms with Crippen LogP contribution in [0.15, 0.2) is 116 Å². The van der Waals surface area contributed by atoms with Crippen LogP contribution in [-0.4, -0.2) is 72.6 Å². The molecule has 0 saturated carbocycles. The zero-order valence-corrected chi connectivity index (χ0v) is 31.9. The maximum Gasteiger partial charge on any atom is 0.227 e. The summed E-state index contributed by atoms with van der Waals surface area (Å²) >= 11 is 0. The van der Waals surface area contributed by atoms with Gasteiger partial charge in [-0.3, -0.25) is 14.5 Å². The predicted octanol–water partition coefficient (Wildman–Crippen LogP) is 8.54. The first-order valence-electron chi connectivity index (χ1n) is 20.3. The van der Waals surface area contributed by atoms with E-state index in [9.17, 15) is 9.59 Å². The Hall–Kier alpha value is -5.80. The van der Waals surface area contributed by atoms with Gasteiger partial charge in [0.2, 0.25) is 11.8 Å². The minimum Gasteiger partial charge on any atom is -0.340 e. The molecular formula is C47H49N7O2. The highest BCUT2D eigenvalue weighted by Crippen LogP contribution is 2.35. The molecule has 2 atom stereocenters. The lowest BCUT2D eigenvalue weighted by Gasteiger charge is -2.24. The van der Waals surface area contributed by atoms with Gasteiger partial charge in [0, 0.05) is 19.6 Å². The highest BCUT2D eigenvalue weighted by atomic mass is 16.2. The molecule has 56 heavy (non-hydrogen) atoms. The van der Waals surface area contributed by atoms with Crippen LogP contribution in [0.2, 0.25) is 0 Å². The van der Waals surface area contributed by atoms with E-state index in [2.05, 4.69) is 87.7 Å². The van der Waals surface area contributed by atoms with E-state index in [-0.39, 0.29) is 23.9 Å². The molecule has 0 unspecified atom stereocenters. The molecule has 2 amide bonds. The first-order valence-corrected chi connectivity index (χ1v) is 20.3. The Kier molecular flexibility index (Phi) is 10.3. The smallest absolute Gasteiger partial charge is 0.227 e. The Morgan fingerprint density at radius 3 is 1.57 bits per heavy atom. The molecule has 4 aromatic carbocycles. The fourth-order valence-corrected chi connectivity index (χ4v) is 8.89. The maximum absolute atomic E-state index is 13.7. The van der Waals surface area contributed by atoms with Crippen molar-refractivity contribution in [2.75, 3.05) is 26.2 Å². The third-order valence-corrected chi connectivity index (χ3v) is 11.9. The summed E-state index contributed by atoms with van der Waals surface area (Å²) in [7, 11) is 0. The fraction of sp³-hybridized carbons (Fsp3) is 0.319. The Morgan fingerprint density at radius 2 is 1.02 bits per heavy atom. The van der Waals surface area contributed by atoms with Crippen LogP contribution in [-0.2, 0) is 29.0 Å². The molecule has 0 aliphatic carbocycles. The third-order valence-electron chi connectivity index (χ3n) is 11.9. The number of amides is 2. The summed E-state index contributed by atoms with van der Waals surface area (Å²) in [4.78, 5) is 50.1. The molecule has 284 valence electrons. The van der Waals surface area contributed by atoms with E-state index in [0.717, 1.165) is 115 Å². The Morgan fingerprint density at radius 1 is 0.536 bits per heavy atom. The van der Waals surface area contributed by atoms with Crippen molar-refractivity contribution in [3.8, 4) is 33.6 Å². The molecule has 3 aliphatic rings. The number of carbonyl (C=O) groups is 2. The monoisotopic (exact) mass is 743 g/mol. The second kappa shape index (κ2) is 16.1. The quantitative estimate of drug-likeness (QED) is 0.139. The number of hydrogen-bond acceptors (Lipinski definition) is 5. The van der Waals surface area contributed by atoms with Crippen LogP contribution in [0.3, 0.4) is 0 Å². The number of aromatic amines is 2. The van der Waals surface area contributed by atoms with Gasteiger partial charge in [0.25, 0.3) is 0 Å². The molecule has 5 heterocycles. The van der Waals surface area contributed by atoms with Gasteiger partial charge in [0.15, 0.2) is 0 Å². The van der Waals surface area contributed by atoms with Gasteiger partial charge in [-0.05, 0) is 90.6 Å². The number of hydrogen-bond donors (Lipinski definition) is 2. The summed E-state index contributed by atoms with van der Waals surface area (Å²) < 4.78 is 0. The van der Waals surface area contributed by atoms with Crippen LogP contribution in [0.1, 0.15) is 78.9 Å². The van der Waals surface area contributed by atoms with Gasteiger partial charge < -0.3 is 19.8 Å². The molecule has 3 saturated heterocycles. The van der Waals surface area contributed by atoms with Crippen molar-refractivity contribution in [2.24, 2.45) is 0 Å². The number of rotatable bonds is 11. The van der Waals surface area contributed by atoms with E-state index >= 15 is 0 Å². The van der Waals surface area contributed by atoms with E-state index in [1.165, 1.54) is 18.4 Å². The summed E-state index contributed by atoms with van der Waals surface area (Å²) in [5.74, 6) is 2.03. The summed E-state index contributed by atoms with van der Waals surface area (Å²) in [5, 5.41) is 0. The van der Waals surface area contributed by atoms with E-state index in [1.54, 1.807) is 0 Å². The van der Waals surface area contributed by atoms with Crippen molar-refractivity contribution >= 4 is 11.8 Å². The average molecular weight is 744 g/mol. The summed E-state index contributed by atoms with van der Waals surface area (Å²) in [6.07, 6.45) is 10.9. The van der Waals surface area contributed by atoms with Crippen molar-refractivity contribution in [2.45, 2.75) is 70.0 Å². The molecule has 9 nitrogen and oxygen atoms in total. The van der Waals surface area contributed by atoms with Gasteiger partial charge in [-0.2, -0.15) is 0 Å². The number of nitrogens with zero attached hydrogens (tertiary/aromatic N) is 5. The maximum atomic E-state index is 13.7. The zero-order chi connectivity index (χ0) is 37.8. The number of likely N-dealkylation sites (tertiary alicyclic amines) is 3. The van der Waals surface area contributed by atoms with Gasteiger partial charge in [-0.15, -0.1) is 0 Å². The van der Waals surface area contributed by atoms with Crippen molar-refractivity contribution < 1.29 is 9.59 Å². The van der Waals surface area contributed by atoms with Crippen LogP contribution in [0.25, 0.3) is 33.6 Å². The minimum absolute atomic E-state index is 0.0270. The lowest BCUT2D eigenvalue weighted by molar-refractivity contribution is -0.132. The molecule has 9 heteroatoms. The standard InChI is InChI=1S/C47H49N7O2/c55-44(28-33-10-2-1-3-11-33)53-26-8-14-42(53)46-48-30-40(50-46)36-20-16-34(17-21-36)35-18-22-37(23-19-35)41-31-49-47(51-41)43-15-9-27-54(43)45(56)29-38-12-4-5-13-39(38)32-52-24-6-7-25-52/h1-5,10-13,16-23,30-31,42-43H,6-9,14-15,24-29,32H2,(H,48,50)(H,49,51)/t42-,43-/m0/s1. The molecule has 3 aliphatic heterocycles. The SMILES string of the molecule is O=C(Cc1ccccc1)N1CCC[C@H]1c1ncc(-c2ccc(-c3ccc(-c4cnc([C@@H]5CCCN5C(=O)Cc5ccccc5CN5CCCC5)[nH]4)cc3)cc2)[nH]1. The van der Waals surface area contributed by atoms with E-state index in [1.807, 2.05) is 52.5 Å². The molecule has 6 aromatic rings. The van der Waals surface area contributed by atoms with Gasteiger partial charge >= 0.3 is 0 Å². The van der Waals surface area contributed by atoms with E-state index in [0.29, 0.717) is 12.8 Å². The first kappa shape index (κ1) is 35.9. The lowest BCUT2D eigenvalue weighted by atomic mass is 10.0. The number of H-pyrrole nitrogens is 2. The topological polar surface area (TPSA) is 101 Å². The summed E-state index contributed by atoms with van der Waals surface area (Å²) in [5.41, 5.74) is 9.71. The summed E-state index contributed by atoms with van der Waals surface area (Å²) in [6, 6.07) is 35.4. The second-order valence-electron chi connectivity index (χ2n) is 15.6. The highest BCUT2D eigenvalue weighted by molar-refractivity contribution is 5.80. The minimum atomic E-state index is -0.0371. The highest BCUT2D eigenvalue weighted by Gasteiger charge is 2.33. The number of aromatic nitrogens is 4. The third kappa shape index (κ3) is 7.69. The molecule has 0 bridgehead atoms. The summed E-state index contributed by atoms with van der Waals surface area (Å²) in [6.45, 7) is 4.73. The van der Waals surface area contributed by atoms with Crippen molar-refractivity contribution in [1.82, 2.24) is 34.6 Å². The molecule has 2 aromatic heterocycles. The molecule has 0 spiro atoms. The molecular weight excluding hydrogens is 695 g/mol. The van der Waals surface area contributed by atoms with Gasteiger partial charge in [-0.25, -0.2) is 9.97 Å². The number of carbonyl (C=O) groups excluding carboxylic acids is 2. The van der Waals surface area contributed by atoms with Crippen LogP contribution < -0.4 is 0 Å².